The first kappa shape index (κ1) is 15.4. The first-order chi connectivity index (χ1) is 10.0. The van der Waals surface area contributed by atoms with Gasteiger partial charge >= 0.3 is 6.61 Å². The first-order valence-corrected chi connectivity index (χ1v) is 6.60. The molecule has 2 rings (SSSR count). The minimum absolute atomic E-state index is 0.121. The van der Waals surface area contributed by atoms with Crippen LogP contribution in [0.25, 0.3) is 0 Å². The molecule has 0 saturated heterocycles. The Labute approximate surface area is 122 Å². The number of hydrazine groups is 1. The van der Waals surface area contributed by atoms with Gasteiger partial charge in [0.1, 0.15) is 5.75 Å². The van der Waals surface area contributed by atoms with Crippen molar-refractivity contribution < 1.29 is 13.5 Å². The van der Waals surface area contributed by atoms with Gasteiger partial charge in [-0.15, -0.1) is 0 Å². The maximum absolute atomic E-state index is 12.5. The lowest BCUT2D eigenvalue weighted by molar-refractivity contribution is -0.0506. The number of rotatable bonds is 5. The van der Waals surface area contributed by atoms with Crippen molar-refractivity contribution in [1.82, 2.24) is 5.43 Å². The number of benzene rings is 2. The fourth-order valence-corrected chi connectivity index (χ4v) is 2.42. The van der Waals surface area contributed by atoms with Crippen LogP contribution in [0.2, 0.25) is 0 Å². The lowest BCUT2D eigenvalue weighted by atomic mass is 9.94. The average molecular weight is 292 g/mol. The van der Waals surface area contributed by atoms with Crippen LogP contribution in [-0.2, 0) is 0 Å². The molecule has 21 heavy (non-hydrogen) atoms. The summed E-state index contributed by atoms with van der Waals surface area (Å²) in [6, 6.07) is 12.2. The molecule has 3 nitrogen and oxygen atoms in total. The summed E-state index contributed by atoms with van der Waals surface area (Å²) in [5, 5.41) is 0. The molecule has 5 heteroatoms. The Morgan fingerprint density at radius 2 is 1.76 bits per heavy atom. The first-order valence-electron chi connectivity index (χ1n) is 6.60. The van der Waals surface area contributed by atoms with Gasteiger partial charge in [0.15, 0.2) is 0 Å². The number of hydrogen-bond donors (Lipinski definition) is 2. The molecule has 0 aliphatic rings. The van der Waals surface area contributed by atoms with E-state index in [9.17, 15) is 8.78 Å². The Bertz CT molecular complexity index is 617. The van der Waals surface area contributed by atoms with Crippen molar-refractivity contribution in [2.75, 3.05) is 0 Å². The van der Waals surface area contributed by atoms with Gasteiger partial charge < -0.3 is 4.74 Å². The molecule has 0 aliphatic carbocycles. The van der Waals surface area contributed by atoms with Crippen molar-refractivity contribution in [3.63, 3.8) is 0 Å². The van der Waals surface area contributed by atoms with Gasteiger partial charge in [-0.05, 0) is 31.0 Å². The summed E-state index contributed by atoms with van der Waals surface area (Å²) in [4.78, 5) is 0. The zero-order chi connectivity index (χ0) is 15.4. The van der Waals surface area contributed by atoms with E-state index in [-0.39, 0.29) is 5.75 Å². The third kappa shape index (κ3) is 3.56. The highest BCUT2D eigenvalue weighted by atomic mass is 19.3. The van der Waals surface area contributed by atoms with Gasteiger partial charge in [-0.25, -0.2) is 5.43 Å². The van der Waals surface area contributed by atoms with E-state index in [1.807, 2.05) is 32.0 Å². The van der Waals surface area contributed by atoms with Crippen molar-refractivity contribution in [2.45, 2.75) is 26.5 Å². The van der Waals surface area contributed by atoms with Gasteiger partial charge in [-0.1, -0.05) is 42.0 Å². The van der Waals surface area contributed by atoms with Crippen LogP contribution in [0.5, 0.6) is 5.75 Å². The Hall–Kier alpha value is -1.98. The molecule has 0 aromatic heterocycles. The van der Waals surface area contributed by atoms with Gasteiger partial charge in [-0.3, -0.25) is 5.84 Å². The molecule has 0 saturated carbocycles. The molecule has 0 amide bonds. The van der Waals surface area contributed by atoms with Crippen LogP contribution >= 0.6 is 0 Å². The molecule has 0 heterocycles. The van der Waals surface area contributed by atoms with Crippen LogP contribution in [0.1, 0.15) is 28.3 Å². The van der Waals surface area contributed by atoms with Gasteiger partial charge in [0.2, 0.25) is 0 Å². The van der Waals surface area contributed by atoms with Gasteiger partial charge in [-0.2, -0.15) is 8.78 Å². The third-order valence-corrected chi connectivity index (χ3v) is 3.35. The highest BCUT2D eigenvalue weighted by Crippen LogP contribution is 2.32. The summed E-state index contributed by atoms with van der Waals surface area (Å²) >= 11 is 0. The summed E-state index contributed by atoms with van der Waals surface area (Å²) in [6.45, 7) is 1.09. The second-order valence-electron chi connectivity index (χ2n) is 4.88. The number of hydrogen-bond acceptors (Lipinski definition) is 3. The Morgan fingerprint density at radius 3 is 2.38 bits per heavy atom. The second kappa shape index (κ2) is 6.65. The van der Waals surface area contributed by atoms with Crippen molar-refractivity contribution in [1.29, 1.82) is 0 Å². The van der Waals surface area contributed by atoms with Crippen molar-refractivity contribution in [2.24, 2.45) is 5.84 Å². The van der Waals surface area contributed by atoms with E-state index < -0.39 is 12.7 Å². The van der Waals surface area contributed by atoms with E-state index in [4.69, 9.17) is 5.84 Å². The van der Waals surface area contributed by atoms with E-state index in [0.29, 0.717) is 5.56 Å². The van der Waals surface area contributed by atoms with E-state index >= 15 is 0 Å². The number of ether oxygens (including phenoxy) is 1. The molecule has 3 N–H and O–H groups in total. The van der Waals surface area contributed by atoms with E-state index in [1.54, 1.807) is 18.2 Å². The maximum Gasteiger partial charge on any atom is 0.387 e. The predicted octanol–water partition coefficient (Wildman–Crippen LogP) is 3.46. The lowest BCUT2D eigenvalue weighted by Gasteiger charge is -2.22. The summed E-state index contributed by atoms with van der Waals surface area (Å²) in [5.74, 6) is 5.77. The van der Waals surface area contributed by atoms with E-state index in [2.05, 4.69) is 10.2 Å². The normalized spacial score (nSPS) is 12.5. The Morgan fingerprint density at radius 1 is 1.05 bits per heavy atom. The molecule has 0 radical (unpaired) electrons. The highest BCUT2D eigenvalue weighted by molar-refractivity contribution is 5.44. The molecule has 2 aromatic carbocycles. The highest BCUT2D eigenvalue weighted by Gasteiger charge is 2.20. The smallest absolute Gasteiger partial charge is 0.387 e. The zero-order valence-corrected chi connectivity index (χ0v) is 11.9. The number of para-hydroxylation sites is 1. The molecule has 0 aliphatic heterocycles. The molecule has 0 bridgehead atoms. The molecule has 2 aromatic rings. The Balaban J connectivity index is 2.46. The molecule has 0 fully saturated rings. The van der Waals surface area contributed by atoms with Crippen molar-refractivity contribution in [3.8, 4) is 5.75 Å². The predicted molar refractivity (Wildman–Crippen MR) is 78.2 cm³/mol. The van der Waals surface area contributed by atoms with Gasteiger partial charge in [0.05, 0.1) is 6.04 Å². The summed E-state index contributed by atoms with van der Waals surface area (Å²) in [6.07, 6.45) is 0. The van der Waals surface area contributed by atoms with Crippen molar-refractivity contribution >= 4 is 0 Å². The monoisotopic (exact) mass is 292 g/mol. The molecule has 112 valence electrons. The quantitative estimate of drug-likeness (QED) is 0.655. The fraction of sp³-hybridized carbons (Fsp3) is 0.250. The number of aryl methyl sites for hydroxylation is 2. The SMILES string of the molecule is Cc1ccc(C(NN)c2ccccc2OC(F)F)c(C)c1. The summed E-state index contributed by atoms with van der Waals surface area (Å²) in [7, 11) is 0. The van der Waals surface area contributed by atoms with Crippen LogP contribution in [-0.4, -0.2) is 6.61 Å². The van der Waals surface area contributed by atoms with Crippen LogP contribution in [0.15, 0.2) is 42.5 Å². The molecular formula is C16H18F2N2O. The average Bonchev–Trinajstić information content (AvgIpc) is 2.43. The number of halogens is 2. The summed E-state index contributed by atoms with van der Waals surface area (Å²) < 4.78 is 29.6. The Kier molecular flexibility index (Phi) is 4.88. The number of nitrogens with two attached hydrogens (primary N) is 1. The largest absolute Gasteiger partial charge is 0.434 e. The van der Waals surface area contributed by atoms with Crippen molar-refractivity contribution in [3.05, 3.63) is 64.7 Å². The molecular weight excluding hydrogens is 274 g/mol. The zero-order valence-electron chi connectivity index (χ0n) is 11.9. The third-order valence-electron chi connectivity index (χ3n) is 3.35. The van der Waals surface area contributed by atoms with Crippen LogP contribution in [0.3, 0.4) is 0 Å². The number of alkyl halides is 2. The van der Waals surface area contributed by atoms with Gasteiger partial charge in [0, 0.05) is 5.56 Å². The van der Waals surface area contributed by atoms with E-state index in [0.717, 1.165) is 16.7 Å². The minimum atomic E-state index is -2.87. The minimum Gasteiger partial charge on any atom is -0.434 e. The maximum atomic E-state index is 12.5. The lowest BCUT2D eigenvalue weighted by Crippen LogP contribution is -2.30. The van der Waals surface area contributed by atoms with Crippen LogP contribution in [0.4, 0.5) is 8.78 Å². The molecule has 0 spiro atoms. The fourth-order valence-electron chi connectivity index (χ4n) is 2.42. The topological polar surface area (TPSA) is 47.3 Å². The van der Waals surface area contributed by atoms with Gasteiger partial charge in [0.25, 0.3) is 0 Å². The summed E-state index contributed by atoms with van der Waals surface area (Å²) in [5.41, 5.74) is 6.35. The van der Waals surface area contributed by atoms with Crippen LogP contribution in [0, 0.1) is 13.8 Å². The molecule has 1 atom stereocenters. The second-order valence-corrected chi connectivity index (χ2v) is 4.88. The number of nitrogens with one attached hydrogen (secondary N) is 1. The standard InChI is InChI=1S/C16H18F2N2O/c1-10-7-8-12(11(2)9-10)15(20-19)13-5-3-4-6-14(13)21-16(17)18/h3-9,15-16,20H,19H2,1-2H3. The van der Waals surface area contributed by atoms with Crippen LogP contribution < -0.4 is 16.0 Å². The molecule has 1 unspecified atom stereocenters. The van der Waals surface area contributed by atoms with E-state index in [1.165, 1.54) is 6.07 Å².